The normalized spacial score (nSPS) is 29.5. The van der Waals surface area contributed by atoms with Crippen molar-refractivity contribution in [2.24, 2.45) is 17.6 Å². The van der Waals surface area contributed by atoms with E-state index in [4.69, 9.17) is 5.73 Å². The molecule has 126 valence electrons. The topological polar surface area (TPSA) is 80.3 Å². The highest BCUT2D eigenvalue weighted by Crippen LogP contribution is 2.37. The Morgan fingerprint density at radius 1 is 1.61 bits per heavy atom. The van der Waals surface area contributed by atoms with Gasteiger partial charge in [-0.2, -0.15) is 0 Å². The van der Waals surface area contributed by atoms with Crippen molar-refractivity contribution in [3.8, 4) is 0 Å². The largest absolute Gasteiger partial charge is 0.342 e. The van der Waals surface area contributed by atoms with Gasteiger partial charge in [0.15, 0.2) is 0 Å². The smallest absolute Gasteiger partial charge is 0.227 e. The number of carbonyl (C=O) groups excluding carboxylic acids is 1. The number of fused-ring (bicyclic) bond motifs is 3. The predicted octanol–water partition coefficient (Wildman–Crippen LogP) is 0.0916. The van der Waals surface area contributed by atoms with Gasteiger partial charge in [-0.25, -0.2) is 0 Å². The van der Waals surface area contributed by atoms with Crippen molar-refractivity contribution >= 4 is 5.91 Å². The zero-order valence-corrected chi connectivity index (χ0v) is 13.8. The van der Waals surface area contributed by atoms with E-state index in [0.717, 1.165) is 38.2 Å². The summed E-state index contributed by atoms with van der Waals surface area (Å²) in [4.78, 5) is 16.8. The third kappa shape index (κ3) is 3.30. The Kier molecular flexibility index (Phi) is 4.77. The maximum Gasteiger partial charge on any atom is 0.227 e. The summed E-state index contributed by atoms with van der Waals surface area (Å²) in [6.45, 7) is 7.51. The summed E-state index contributed by atoms with van der Waals surface area (Å²) in [5.74, 6) is 0.854. The van der Waals surface area contributed by atoms with E-state index >= 15 is 0 Å². The molecule has 0 aromatic carbocycles. The lowest BCUT2D eigenvalue weighted by atomic mass is 9.75. The predicted molar refractivity (Wildman–Crippen MR) is 87.3 cm³/mol. The summed E-state index contributed by atoms with van der Waals surface area (Å²) in [5, 5.41) is 8.19. The Morgan fingerprint density at radius 2 is 2.43 bits per heavy atom. The second-order valence-corrected chi connectivity index (χ2v) is 6.68. The standard InChI is InChI=1S/C16H26N6O/c1-3-5-20(2)16(23)15-11-21-6-4-12(15)7-14(21)10-22-9-13(8-17)18-19-22/h3,9,12,14-15H,1,4-8,10-11,17H2,2H3/t12-,14+,15-/m0/s1. The molecule has 23 heavy (non-hydrogen) atoms. The highest BCUT2D eigenvalue weighted by atomic mass is 16.2. The minimum atomic E-state index is 0.125. The lowest BCUT2D eigenvalue weighted by Crippen LogP contribution is -2.58. The van der Waals surface area contributed by atoms with E-state index < -0.39 is 0 Å². The van der Waals surface area contributed by atoms with Gasteiger partial charge in [0.25, 0.3) is 0 Å². The van der Waals surface area contributed by atoms with Crippen LogP contribution in [-0.2, 0) is 17.9 Å². The molecule has 1 unspecified atom stereocenters. The minimum Gasteiger partial charge on any atom is -0.342 e. The molecule has 0 radical (unpaired) electrons. The Bertz CT molecular complexity index is 571. The van der Waals surface area contributed by atoms with Crippen LogP contribution in [0.5, 0.6) is 0 Å². The van der Waals surface area contributed by atoms with E-state index in [1.807, 2.05) is 17.9 Å². The van der Waals surface area contributed by atoms with Gasteiger partial charge in [0.2, 0.25) is 5.91 Å². The summed E-state index contributed by atoms with van der Waals surface area (Å²) < 4.78 is 1.88. The van der Waals surface area contributed by atoms with Crippen molar-refractivity contribution in [2.45, 2.75) is 32.0 Å². The Morgan fingerprint density at radius 3 is 3.04 bits per heavy atom. The summed E-state index contributed by atoms with van der Waals surface area (Å²) in [6.07, 6.45) is 5.86. The molecule has 1 amide bonds. The highest BCUT2D eigenvalue weighted by Gasteiger charge is 2.43. The monoisotopic (exact) mass is 318 g/mol. The summed E-state index contributed by atoms with van der Waals surface area (Å²) in [6, 6.07) is 0.440. The lowest BCUT2D eigenvalue weighted by molar-refractivity contribution is -0.142. The molecule has 3 aliphatic rings. The van der Waals surface area contributed by atoms with Gasteiger partial charge < -0.3 is 10.6 Å². The SMILES string of the molecule is C=CCN(C)C(=O)[C@H]1CN2CC[C@H]1C[C@@H]2Cn1cc(CN)nn1. The molecule has 4 atom stereocenters. The number of nitrogens with two attached hydrogens (primary N) is 1. The van der Waals surface area contributed by atoms with Crippen LogP contribution in [-0.4, -0.2) is 63.4 Å². The van der Waals surface area contributed by atoms with E-state index in [2.05, 4.69) is 21.8 Å². The van der Waals surface area contributed by atoms with Crippen molar-refractivity contribution in [3.05, 3.63) is 24.5 Å². The number of amides is 1. The molecule has 0 spiro atoms. The van der Waals surface area contributed by atoms with Crippen LogP contribution in [0.4, 0.5) is 0 Å². The molecule has 7 heteroatoms. The van der Waals surface area contributed by atoms with Crippen molar-refractivity contribution in [3.63, 3.8) is 0 Å². The van der Waals surface area contributed by atoms with E-state index in [9.17, 15) is 4.79 Å². The molecule has 3 saturated heterocycles. The molecule has 1 aromatic heterocycles. The maximum atomic E-state index is 12.6. The third-order valence-electron chi connectivity index (χ3n) is 5.17. The fourth-order valence-corrected chi connectivity index (χ4v) is 3.91. The van der Waals surface area contributed by atoms with Crippen molar-refractivity contribution in [2.75, 3.05) is 26.7 Å². The molecule has 2 N–H and O–H groups in total. The van der Waals surface area contributed by atoms with Gasteiger partial charge >= 0.3 is 0 Å². The summed E-state index contributed by atoms with van der Waals surface area (Å²) >= 11 is 0. The van der Waals surface area contributed by atoms with Gasteiger partial charge in [0.1, 0.15) is 0 Å². The summed E-state index contributed by atoms with van der Waals surface area (Å²) in [7, 11) is 1.86. The van der Waals surface area contributed by atoms with Crippen molar-refractivity contribution < 1.29 is 4.79 Å². The fraction of sp³-hybridized carbons (Fsp3) is 0.688. The van der Waals surface area contributed by atoms with Crippen molar-refractivity contribution in [1.82, 2.24) is 24.8 Å². The Balaban J connectivity index is 1.62. The zero-order chi connectivity index (χ0) is 16.4. The molecule has 0 aliphatic carbocycles. The van der Waals surface area contributed by atoms with Gasteiger partial charge in [0.05, 0.1) is 18.2 Å². The van der Waals surface area contributed by atoms with E-state index in [1.165, 1.54) is 0 Å². The number of likely N-dealkylation sites (N-methyl/N-ethyl adjacent to an activating group) is 1. The number of hydrogen-bond acceptors (Lipinski definition) is 5. The Hall–Kier alpha value is -1.73. The van der Waals surface area contributed by atoms with Crippen LogP contribution < -0.4 is 5.73 Å². The molecule has 7 nitrogen and oxygen atoms in total. The zero-order valence-electron chi connectivity index (χ0n) is 13.8. The van der Waals surface area contributed by atoms with E-state index in [-0.39, 0.29) is 11.8 Å². The van der Waals surface area contributed by atoms with Crippen LogP contribution in [0.25, 0.3) is 0 Å². The van der Waals surface area contributed by atoms with Crippen LogP contribution in [0, 0.1) is 11.8 Å². The quantitative estimate of drug-likeness (QED) is 0.752. The first kappa shape index (κ1) is 16.1. The number of aromatic nitrogens is 3. The van der Waals surface area contributed by atoms with E-state index in [1.54, 1.807) is 11.0 Å². The second-order valence-electron chi connectivity index (χ2n) is 6.68. The molecule has 2 bridgehead atoms. The fourth-order valence-electron chi connectivity index (χ4n) is 3.91. The highest BCUT2D eigenvalue weighted by molar-refractivity contribution is 5.79. The van der Waals surface area contributed by atoms with Gasteiger partial charge in [-0.15, -0.1) is 11.7 Å². The molecule has 4 rings (SSSR count). The van der Waals surface area contributed by atoms with Gasteiger partial charge in [-0.05, 0) is 25.3 Å². The van der Waals surface area contributed by atoms with Crippen LogP contribution >= 0.6 is 0 Å². The van der Waals surface area contributed by atoms with Gasteiger partial charge in [-0.1, -0.05) is 11.3 Å². The second kappa shape index (κ2) is 6.80. The van der Waals surface area contributed by atoms with Crippen LogP contribution in [0.2, 0.25) is 0 Å². The number of rotatable bonds is 6. The van der Waals surface area contributed by atoms with Gasteiger partial charge in [0, 0.05) is 38.9 Å². The molecule has 3 fully saturated rings. The summed E-state index contributed by atoms with van der Waals surface area (Å²) in [5.41, 5.74) is 6.41. The molecular weight excluding hydrogens is 292 g/mol. The number of piperidine rings is 3. The minimum absolute atomic E-state index is 0.125. The first-order valence-electron chi connectivity index (χ1n) is 8.31. The van der Waals surface area contributed by atoms with Gasteiger partial charge in [-0.3, -0.25) is 14.4 Å². The average molecular weight is 318 g/mol. The van der Waals surface area contributed by atoms with Crippen LogP contribution in [0.1, 0.15) is 18.5 Å². The number of nitrogens with zero attached hydrogens (tertiary/aromatic N) is 5. The van der Waals surface area contributed by atoms with Crippen molar-refractivity contribution in [1.29, 1.82) is 0 Å². The third-order valence-corrected chi connectivity index (χ3v) is 5.17. The average Bonchev–Trinajstić information content (AvgIpc) is 3.02. The van der Waals surface area contributed by atoms with Crippen LogP contribution in [0.15, 0.2) is 18.9 Å². The van der Waals surface area contributed by atoms with Crippen LogP contribution in [0.3, 0.4) is 0 Å². The lowest BCUT2D eigenvalue weighted by Gasteiger charge is -2.49. The molecular formula is C16H26N6O. The Labute approximate surface area is 137 Å². The first-order chi connectivity index (χ1) is 11.1. The molecule has 3 aliphatic heterocycles. The number of carbonyl (C=O) groups is 1. The maximum absolute atomic E-state index is 12.6. The first-order valence-corrected chi connectivity index (χ1v) is 8.31. The van der Waals surface area contributed by atoms with E-state index in [0.29, 0.717) is 25.0 Å². The molecule has 0 saturated carbocycles. The molecule has 1 aromatic rings. The number of hydrogen-bond donors (Lipinski definition) is 1. The molecule has 4 heterocycles.